The van der Waals surface area contributed by atoms with Crippen LogP contribution < -0.4 is 15.8 Å². The lowest BCUT2D eigenvalue weighted by atomic mass is 9.88. The minimum atomic E-state index is -0.191. The average molecular weight is 252 g/mol. The van der Waals surface area contributed by atoms with Crippen LogP contribution in [0.5, 0.6) is 5.88 Å². The lowest BCUT2D eigenvalue weighted by Crippen LogP contribution is -2.47. The van der Waals surface area contributed by atoms with E-state index < -0.39 is 0 Å². The summed E-state index contributed by atoms with van der Waals surface area (Å²) < 4.78 is 5.54. The predicted molar refractivity (Wildman–Crippen MR) is 73.7 cm³/mol. The van der Waals surface area contributed by atoms with Crippen molar-refractivity contribution in [3.63, 3.8) is 0 Å². The molecule has 1 aromatic heterocycles. The summed E-state index contributed by atoms with van der Waals surface area (Å²) in [5.74, 6) is 1.71. The van der Waals surface area contributed by atoms with Gasteiger partial charge in [0.05, 0.1) is 11.6 Å². The van der Waals surface area contributed by atoms with E-state index in [1.165, 1.54) is 6.33 Å². The zero-order valence-electron chi connectivity index (χ0n) is 11.9. The molecule has 5 heteroatoms. The van der Waals surface area contributed by atoms with Crippen molar-refractivity contribution in [3.8, 4) is 5.88 Å². The van der Waals surface area contributed by atoms with Crippen molar-refractivity contribution >= 4 is 5.82 Å². The van der Waals surface area contributed by atoms with Gasteiger partial charge in [-0.05, 0) is 26.7 Å². The quantitative estimate of drug-likeness (QED) is 0.810. The van der Waals surface area contributed by atoms with E-state index in [4.69, 9.17) is 10.5 Å². The number of hydrogen-bond acceptors (Lipinski definition) is 5. The summed E-state index contributed by atoms with van der Waals surface area (Å²) in [5, 5.41) is 3.36. The molecule has 0 aliphatic rings. The lowest BCUT2D eigenvalue weighted by Gasteiger charge is -2.34. The third kappa shape index (κ3) is 3.84. The molecule has 1 unspecified atom stereocenters. The SMILES string of the molecule is CC(C)Oc1cc(NC(C)(CN)C(C)C)ncn1. The molecule has 0 fully saturated rings. The van der Waals surface area contributed by atoms with Crippen LogP contribution in [0.1, 0.15) is 34.6 Å². The number of nitrogens with zero attached hydrogens (tertiary/aromatic N) is 2. The molecule has 1 aromatic rings. The van der Waals surface area contributed by atoms with E-state index in [1.54, 1.807) is 6.07 Å². The Morgan fingerprint density at radius 1 is 1.33 bits per heavy atom. The van der Waals surface area contributed by atoms with Crippen molar-refractivity contribution in [2.75, 3.05) is 11.9 Å². The van der Waals surface area contributed by atoms with E-state index in [1.807, 2.05) is 13.8 Å². The molecule has 1 heterocycles. The first-order valence-electron chi connectivity index (χ1n) is 6.34. The van der Waals surface area contributed by atoms with E-state index in [0.717, 1.165) is 5.82 Å². The number of anilines is 1. The van der Waals surface area contributed by atoms with Crippen LogP contribution in [0.15, 0.2) is 12.4 Å². The molecule has 0 saturated carbocycles. The van der Waals surface area contributed by atoms with Crippen LogP contribution in [0.25, 0.3) is 0 Å². The van der Waals surface area contributed by atoms with Gasteiger partial charge >= 0.3 is 0 Å². The molecule has 0 aliphatic carbocycles. The van der Waals surface area contributed by atoms with Crippen molar-refractivity contribution in [1.82, 2.24) is 9.97 Å². The fraction of sp³-hybridized carbons (Fsp3) is 0.692. The van der Waals surface area contributed by atoms with Gasteiger partial charge < -0.3 is 15.8 Å². The first-order valence-corrected chi connectivity index (χ1v) is 6.34. The van der Waals surface area contributed by atoms with Crippen molar-refractivity contribution in [2.45, 2.75) is 46.3 Å². The number of aromatic nitrogens is 2. The molecule has 5 nitrogen and oxygen atoms in total. The maximum absolute atomic E-state index is 5.84. The van der Waals surface area contributed by atoms with Crippen molar-refractivity contribution < 1.29 is 4.74 Å². The van der Waals surface area contributed by atoms with Crippen molar-refractivity contribution in [1.29, 1.82) is 0 Å². The molecular weight excluding hydrogens is 228 g/mol. The van der Waals surface area contributed by atoms with Crippen LogP contribution in [0.2, 0.25) is 0 Å². The molecule has 0 bridgehead atoms. The summed E-state index contributed by atoms with van der Waals surface area (Å²) in [6, 6.07) is 1.80. The summed E-state index contributed by atoms with van der Waals surface area (Å²) in [6.45, 7) is 10.8. The maximum Gasteiger partial charge on any atom is 0.218 e. The van der Waals surface area contributed by atoms with Gasteiger partial charge in [0.1, 0.15) is 12.1 Å². The van der Waals surface area contributed by atoms with Gasteiger partial charge in [0.15, 0.2) is 0 Å². The van der Waals surface area contributed by atoms with E-state index in [0.29, 0.717) is 18.3 Å². The van der Waals surface area contributed by atoms with Gasteiger partial charge in [-0.15, -0.1) is 0 Å². The zero-order chi connectivity index (χ0) is 13.8. The summed E-state index contributed by atoms with van der Waals surface area (Å²) in [7, 11) is 0. The van der Waals surface area contributed by atoms with Gasteiger partial charge in [0.2, 0.25) is 5.88 Å². The first kappa shape index (κ1) is 14.7. The van der Waals surface area contributed by atoms with E-state index >= 15 is 0 Å². The smallest absolute Gasteiger partial charge is 0.218 e. The van der Waals surface area contributed by atoms with Gasteiger partial charge in [-0.2, -0.15) is 0 Å². The average Bonchev–Trinajstić information content (AvgIpc) is 2.28. The molecule has 0 spiro atoms. The highest BCUT2D eigenvalue weighted by atomic mass is 16.5. The Morgan fingerprint density at radius 3 is 2.50 bits per heavy atom. The predicted octanol–water partition coefficient (Wildman–Crippen LogP) is 2.05. The molecule has 0 radical (unpaired) electrons. The molecule has 3 N–H and O–H groups in total. The number of rotatable bonds is 6. The fourth-order valence-electron chi connectivity index (χ4n) is 1.44. The fourth-order valence-corrected chi connectivity index (χ4v) is 1.44. The second-order valence-corrected chi connectivity index (χ2v) is 5.31. The van der Waals surface area contributed by atoms with Gasteiger partial charge in [0.25, 0.3) is 0 Å². The van der Waals surface area contributed by atoms with Gasteiger partial charge in [-0.3, -0.25) is 0 Å². The Hall–Kier alpha value is -1.36. The minimum Gasteiger partial charge on any atom is -0.475 e. The van der Waals surface area contributed by atoms with Crippen LogP contribution >= 0.6 is 0 Å². The Morgan fingerprint density at radius 2 is 2.00 bits per heavy atom. The van der Waals surface area contributed by atoms with E-state index in [-0.39, 0.29) is 11.6 Å². The largest absolute Gasteiger partial charge is 0.475 e. The number of nitrogens with one attached hydrogen (secondary N) is 1. The summed E-state index contributed by atoms with van der Waals surface area (Å²) >= 11 is 0. The van der Waals surface area contributed by atoms with Crippen LogP contribution in [-0.4, -0.2) is 28.2 Å². The van der Waals surface area contributed by atoms with Gasteiger partial charge in [-0.25, -0.2) is 9.97 Å². The number of nitrogens with two attached hydrogens (primary N) is 1. The highest BCUT2D eigenvalue weighted by molar-refractivity contribution is 5.40. The zero-order valence-corrected chi connectivity index (χ0v) is 11.9. The summed E-state index contributed by atoms with van der Waals surface area (Å²) in [4.78, 5) is 8.28. The van der Waals surface area contributed by atoms with Crippen molar-refractivity contribution in [2.24, 2.45) is 11.7 Å². The summed E-state index contributed by atoms with van der Waals surface area (Å²) in [6.07, 6.45) is 1.59. The topological polar surface area (TPSA) is 73.1 Å². The second-order valence-electron chi connectivity index (χ2n) is 5.31. The molecule has 0 saturated heterocycles. The molecule has 102 valence electrons. The maximum atomic E-state index is 5.84. The van der Waals surface area contributed by atoms with Crippen LogP contribution in [0.4, 0.5) is 5.82 Å². The normalized spacial score (nSPS) is 14.7. The summed E-state index contributed by atoms with van der Waals surface area (Å²) in [5.41, 5.74) is 5.65. The molecular formula is C13H24N4O. The minimum absolute atomic E-state index is 0.0961. The Balaban J connectivity index is 2.84. The number of ether oxygens (including phenoxy) is 1. The first-order chi connectivity index (χ1) is 8.37. The molecule has 0 amide bonds. The third-order valence-electron chi connectivity index (χ3n) is 3.11. The molecule has 0 aromatic carbocycles. The van der Waals surface area contributed by atoms with E-state index in [2.05, 4.69) is 36.1 Å². The second kappa shape index (κ2) is 6.00. The van der Waals surface area contributed by atoms with E-state index in [9.17, 15) is 0 Å². The molecule has 18 heavy (non-hydrogen) atoms. The molecule has 0 aliphatic heterocycles. The highest BCUT2D eigenvalue weighted by Gasteiger charge is 2.26. The standard InChI is InChI=1S/C13H24N4O/c1-9(2)13(5,7-14)17-11-6-12(16-8-15-11)18-10(3)4/h6,8-10H,7,14H2,1-5H3,(H,15,16,17). The van der Waals surface area contributed by atoms with Crippen molar-refractivity contribution in [3.05, 3.63) is 12.4 Å². The third-order valence-corrected chi connectivity index (χ3v) is 3.11. The molecule has 1 rings (SSSR count). The Bertz CT molecular complexity index is 381. The Labute approximate surface area is 109 Å². The van der Waals surface area contributed by atoms with Crippen LogP contribution in [0, 0.1) is 5.92 Å². The number of hydrogen-bond donors (Lipinski definition) is 2. The Kier molecular flexibility index (Phi) is 4.90. The van der Waals surface area contributed by atoms with Gasteiger partial charge in [0, 0.05) is 12.6 Å². The monoisotopic (exact) mass is 252 g/mol. The van der Waals surface area contributed by atoms with Gasteiger partial charge in [-0.1, -0.05) is 13.8 Å². The molecule has 1 atom stereocenters. The highest BCUT2D eigenvalue weighted by Crippen LogP contribution is 2.22. The van der Waals surface area contributed by atoms with Crippen LogP contribution in [-0.2, 0) is 0 Å². The lowest BCUT2D eigenvalue weighted by molar-refractivity contribution is 0.232. The van der Waals surface area contributed by atoms with Crippen LogP contribution in [0.3, 0.4) is 0 Å².